The molecule has 18 heavy (non-hydrogen) atoms. The highest BCUT2D eigenvalue weighted by atomic mass is 79.9. The summed E-state index contributed by atoms with van der Waals surface area (Å²) >= 11 is 3.68. The number of hydrogen-bond acceptors (Lipinski definition) is 2. The first-order valence-electron chi connectivity index (χ1n) is 7.02. The van der Waals surface area contributed by atoms with E-state index in [0.29, 0.717) is 12.1 Å². The monoisotopic (exact) mass is 311 g/mol. The van der Waals surface area contributed by atoms with Crippen LogP contribution >= 0.6 is 15.9 Å². The Morgan fingerprint density at radius 1 is 1.33 bits per heavy atom. The summed E-state index contributed by atoms with van der Waals surface area (Å²) in [5, 5.41) is 8.05. The van der Waals surface area contributed by atoms with E-state index < -0.39 is 0 Å². The standard InChI is InChI=1S/C14H22BrN3/c1-8(2)18-14(12(15)7-17-18)13(16-3)11-5-9-4-10(9)6-11/h7-11,13,16H,4-6H2,1-3H3. The van der Waals surface area contributed by atoms with Gasteiger partial charge in [0.05, 0.1) is 22.4 Å². The number of hydrogen-bond donors (Lipinski definition) is 1. The van der Waals surface area contributed by atoms with Crippen LogP contribution < -0.4 is 5.32 Å². The summed E-state index contributed by atoms with van der Waals surface area (Å²) in [7, 11) is 2.08. The molecule has 3 rings (SSSR count). The molecule has 0 radical (unpaired) electrons. The van der Waals surface area contributed by atoms with Gasteiger partial charge in [0.15, 0.2) is 0 Å². The van der Waals surface area contributed by atoms with Crippen molar-refractivity contribution >= 4 is 15.9 Å². The molecule has 3 nitrogen and oxygen atoms in total. The molecule has 0 saturated heterocycles. The van der Waals surface area contributed by atoms with Crippen LogP contribution in [0.4, 0.5) is 0 Å². The van der Waals surface area contributed by atoms with Gasteiger partial charge < -0.3 is 5.32 Å². The first-order chi connectivity index (χ1) is 8.61. The Morgan fingerprint density at radius 2 is 2.00 bits per heavy atom. The van der Waals surface area contributed by atoms with Crippen LogP contribution in [-0.2, 0) is 0 Å². The third kappa shape index (κ3) is 2.03. The number of halogens is 1. The molecule has 100 valence electrons. The van der Waals surface area contributed by atoms with Crippen LogP contribution in [0.3, 0.4) is 0 Å². The van der Waals surface area contributed by atoms with Crippen LogP contribution in [0.5, 0.6) is 0 Å². The molecule has 0 aromatic carbocycles. The van der Waals surface area contributed by atoms with E-state index in [1.807, 2.05) is 6.20 Å². The van der Waals surface area contributed by atoms with Crippen molar-refractivity contribution < 1.29 is 0 Å². The predicted octanol–water partition coefficient (Wildman–Crippen LogP) is 3.53. The zero-order chi connectivity index (χ0) is 12.9. The fourth-order valence-electron chi connectivity index (χ4n) is 3.68. The SMILES string of the molecule is CNC(c1c(Br)cnn1C(C)C)C1CC2CC2C1. The second-order valence-electron chi connectivity index (χ2n) is 6.17. The summed E-state index contributed by atoms with van der Waals surface area (Å²) < 4.78 is 3.31. The average Bonchev–Trinajstić information content (AvgIpc) is 2.76. The molecule has 2 aliphatic carbocycles. The van der Waals surface area contributed by atoms with Gasteiger partial charge in [-0.15, -0.1) is 0 Å². The van der Waals surface area contributed by atoms with Crippen LogP contribution in [0, 0.1) is 17.8 Å². The average molecular weight is 312 g/mol. The molecule has 1 N–H and O–H groups in total. The minimum absolute atomic E-state index is 0.415. The maximum absolute atomic E-state index is 4.52. The third-order valence-corrected chi connectivity index (χ3v) is 5.24. The van der Waals surface area contributed by atoms with Crippen molar-refractivity contribution in [1.82, 2.24) is 15.1 Å². The van der Waals surface area contributed by atoms with Crippen molar-refractivity contribution in [3.8, 4) is 0 Å². The summed E-state index contributed by atoms with van der Waals surface area (Å²) in [6.45, 7) is 4.39. The molecule has 1 aromatic rings. The van der Waals surface area contributed by atoms with Gasteiger partial charge in [0, 0.05) is 6.04 Å². The minimum atomic E-state index is 0.415. The molecule has 0 aliphatic heterocycles. The van der Waals surface area contributed by atoms with Gasteiger partial charge in [-0.1, -0.05) is 0 Å². The van der Waals surface area contributed by atoms with E-state index in [9.17, 15) is 0 Å². The maximum atomic E-state index is 4.52. The zero-order valence-electron chi connectivity index (χ0n) is 11.4. The van der Waals surface area contributed by atoms with Gasteiger partial charge in [0.2, 0.25) is 0 Å². The van der Waals surface area contributed by atoms with Crippen LogP contribution in [0.2, 0.25) is 0 Å². The van der Waals surface area contributed by atoms with Crippen LogP contribution in [0.1, 0.15) is 50.9 Å². The highest BCUT2D eigenvalue weighted by molar-refractivity contribution is 9.10. The highest BCUT2D eigenvalue weighted by Gasteiger charge is 2.48. The van der Waals surface area contributed by atoms with Gasteiger partial charge in [0.25, 0.3) is 0 Å². The van der Waals surface area contributed by atoms with E-state index in [1.54, 1.807) is 0 Å². The fraction of sp³-hybridized carbons (Fsp3) is 0.786. The first-order valence-corrected chi connectivity index (χ1v) is 7.81. The summed E-state index contributed by atoms with van der Waals surface area (Å²) in [5.74, 6) is 2.84. The van der Waals surface area contributed by atoms with Crippen molar-refractivity contribution in [2.24, 2.45) is 17.8 Å². The number of rotatable bonds is 4. The summed E-state index contributed by atoms with van der Waals surface area (Å²) in [4.78, 5) is 0. The molecule has 4 heteroatoms. The third-order valence-electron chi connectivity index (χ3n) is 4.63. The van der Waals surface area contributed by atoms with E-state index in [4.69, 9.17) is 0 Å². The maximum Gasteiger partial charge on any atom is 0.0701 e. The Bertz CT molecular complexity index is 430. The molecule has 3 atom stereocenters. The summed E-state index contributed by atoms with van der Waals surface area (Å²) in [5.41, 5.74) is 1.33. The largest absolute Gasteiger partial charge is 0.311 e. The number of nitrogens with one attached hydrogen (secondary N) is 1. The molecule has 0 bridgehead atoms. The Labute approximate surface area is 117 Å². The Morgan fingerprint density at radius 3 is 2.56 bits per heavy atom. The van der Waals surface area contributed by atoms with E-state index in [-0.39, 0.29) is 0 Å². The molecule has 2 aliphatic rings. The molecule has 0 amide bonds. The van der Waals surface area contributed by atoms with Crippen LogP contribution in [0.25, 0.3) is 0 Å². The normalized spacial score (nSPS) is 31.7. The van der Waals surface area contributed by atoms with Gasteiger partial charge in [-0.2, -0.15) is 5.10 Å². The van der Waals surface area contributed by atoms with E-state index in [2.05, 4.69) is 51.9 Å². The van der Waals surface area contributed by atoms with E-state index >= 15 is 0 Å². The van der Waals surface area contributed by atoms with Crippen LogP contribution in [-0.4, -0.2) is 16.8 Å². The fourth-order valence-corrected chi connectivity index (χ4v) is 4.20. The van der Waals surface area contributed by atoms with Gasteiger partial charge in [-0.25, -0.2) is 0 Å². The lowest BCUT2D eigenvalue weighted by Crippen LogP contribution is -2.28. The van der Waals surface area contributed by atoms with Gasteiger partial charge >= 0.3 is 0 Å². The molecular formula is C14H22BrN3. The first kappa shape index (κ1) is 12.7. The highest BCUT2D eigenvalue weighted by Crippen LogP contribution is 2.57. The van der Waals surface area contributed by atoms with Crippen molar-refractivity contribution in [1.29, 1.82) is 0 Å². The van der Waals surface area contributed by atoms with Crippen molar-refractivity contribution in [2.45, 2.75) is 45.2 Å². The van der Waals surface area contributed by atoms with E-state index in [0.717, 1.165) is 22.2 Å². The van der Waals surface area contributed by atoms with Crippen molar-refractivity contribution in [2.75, 3.05) is 7.05 Å². The van der Waals surface area contributed by atoms with Crippen LogP contribution in [0.15, 0.2) is 10.7 Å². The van der Waals surface area contributed by atoms with Gasteiger partial charge in [-0.3, -0.25) is 4.68 Å². The number of nitrogens with zero attached hydrogens (tertiary/aromatic N) is 2. The lowest BCUT2D eigenvalue weighted by atomic mass is 9.92. The molecule has 1 aromatic heterocycles. The molecule has 3 unspecified atom stereocenters. The second kappa shape index (κ2) is 4.64. The topological polar surface area (TPSA) is 29.9 Å². The predicted molar refractivity (Wildman–Crippen MR) is 76.4 cm³/mol. The lowest BCUT2D eigenvalue weighted by molar-refractivity contribution is 0.331. The summed E-state index contributed by atoms with van der Waals surface area (Å²) in [6.07, 6.45) is 6.21. The number of aromatic nitrogens is 2. The Hall–Kier alpha value is -0.350. The lowest BCUT2D eigenvalue weighted by Gasteiger charge is -2.27. The number of fused-ring (bicyclic) bond motifs is 1. The molecule has 2 fully saturated rings. The minimum Gasteiger partial charge on any atom is -0.311 e. The molecule has 1 heterocycles. The van der Waals surface area contributed by atoms with Crippen molar-refractivity contribution in [3.63, 3.8) is 0 Å². The quantitative estimate of drug-likeness (QED) is 0.922. The second-order valence-corrected chi connectivity index (χ2v) is 7.02. The zero-order valence-corrected chi connectivity index (χ0v) is 12.9. The van der Waals surface area contributed by atoms with Gasteiger partial charge in [0.1, 0.15) is 0 Å². The Balaban J connectivity index is 1.88. The smallest absolute Gasteiger partial charge is 0.0701 e. The van der Waals surface area contributed by atoms with Crippen molar-refractivity contribution in [3.05, 3.63) is 16.4 Å². The molecule has 2 saturated carbocycles. The Kier molecular flexibility index (Phi) is 3.27. The van der Waals surface area contributed by atoms with Gasteiger partial charge in [-0.05, 0) is 73.8 Å². The molecular weight excluding hydrogens is 290 g/mol. The summed E-state index contributed by atoms with van der Waals surface area (Å²) in [6, 6.07) is 0.857. The molecule has 0 spiro atoms. The van der Waals surface area contributed by atoms with E-state index in [1.165, 1.54) is 25.0 Å².